The van der Waals surface area contributed by atoms with Crippen molar-refractivity contribution in [2.24, 2.45) is 5.10 Å². The Hall–Kier alpha value is -3.10. The molecular formula is C24H27FIN9O. The summed E-state index contributed by atoms with van der Waals surface area (Å²) >= 11 is 2.38. The zero-order valence-corrected chi connectivity index (χ0v) is 21.8. The Morgan fingerprint density at radius 2 is 2.00 bits per heavy atom. The Morgan fingerprint density at radius 3 is 2.75 bits per heavy atom. The van der Waals surface area contributed by atoms with Gasteiger partial charge in [-0.05, 0) is 42.3 Å². The molecule has 0 radical (unpaired) electrons. The summed E-state index contributed by atoms with van der Waals surface area (Å²) in [5.74, 6) is -0.00949. The van der Waals surface area contributed by atoms with Crippen LogP contribution in [0.25, 0.3) is 0 Å². The summed E-state index contributed by atoms with van der Waals surface area (Å²) in [6.45, 7) is 4.26. The fraction of sp³-hybridized carbons (Fsp3) is 0.333. The van der Waals surface area contributed by atoms with Crippen LogP contribution in [0.5, 0.6) is 0 Å². The molecule has 0 spiro atoms. The van der Waals surface area contributed by atoms with E-state index < -0.39 is 5.82 Å². The number of ether oxygens (including phenoxy) is 1. The number of nitrogens with zero attached hydrogens (tertiary/aromatic N) is 6. The predicted molar refractivity (Wildman–Crippen MR) is 148 cm³/mol. The smallest absolute Gasteiger partial charge is 0.245 e. The van der Waals surface area contributed by atoms with Gasteiger partial charge in [0.15, 0.2) is 11.6 Å². The maximum Gasteiger partial charge on any atom is 0.245 e. The highest BCUT2D eigenvalue weighted by Gasteiger charge is 2.18. The number of pyridine rings is 1. The average Bonchev–Trinajstić information content (AvgIpc) is 3.46. The highest BCUT2D eigenvalue weighted by molar-refractivity contribution is 14.1. The minimum absolute atomic E-state index is 0.214. The van der Waals surface area contributed by atoms with Crippen LogP contribution in [0.2, 0.25) is 0 Å². The maximum absolute atomic E-state index is 14.2. The van der Waals surface area contributed by atoms with E-state index in [1.807, 2.05) is 17.0 Å². The quantitative estimate of drug-likeness (QED) is 0.154. The van der Waals surface area contributed by atoms with Crippen LogP contribution < -0.4 is 26.1 Å². The molecule has 1 aromatic carbocycles. The lowest BCUT2D eigenvalue weighted by Crippen LogP contribution is -2.37. The molecule has 2 aliphatic rings. The first-order valence-corrected chi connectivity index (χ1v) is 13.3. The zero-order valence-electron chi connectivity index (χ0n) is 19.6. The lowest BCUT2D eigenvalue weighted by atomic mass is 10.2. The maximum atomic E-state index is 14.2. The molecule has 12 heteroatoms. The number of benzene rings is 1. The molecule has 0 amide bonds. The summed E-state index contributed by atoms with van der Waals surface area (Å²) in [6, 6.07) is 10.3. The van der Waals surface area contributed by atoms with Crippen LogP contribution in [-0.2, 0) is 9.16 Å². The number of hydrogen-bond donors (Lipinski definition) is 3. The van der Waals surface area contributed by atoms with Crippen LogP contribution in [0, 0.1) is 5.82 Å². The number of rotatable bonds is 8. The zero-order chi connectivity index (χ0) is 24.7. The molecular weight excluding hydrogens is 576 g/mol. The van der Waals surface area contributed by atoms with Crippen molar-refractivity contribution in [2.75, 3.05) is 60.0 Å². The van der Waals surface area contributed by atoms with Crippen molar-refractivity contribution in [1.82, 2.24) is 20.4 Å². The topological polar surface area (TPSA) is 103 Å². The number of hydrazone groups is 1. The van der Waals surface area contributed by atoms with E-state index in [1.54, 1.807) is 12.4 Å². The third-order valence-corrected chi connectivity index (χ3v) is 6.66. The summed E-state index contributed by atoms with van der Waals surface area (Å²) in [5.41, 5.74) is 11.1. The SMILES string of the molecule is Fc1cnc(N/N=C/c2ccc(Nc3cc(CI)cc(N4CCCN4)c3)cn2)nc1N1CCOCC1. The second kappa shape index (κ2) is 11.8. The van der Waals surface area contributed by atoms with Gasteiger partial charge >= 0.3 is 0 Å². The number of hydrazine groups is 1. The molecule has 2 aliphatic heterocycles. The van der Waals surface area contributed by atoms with Crippen LogP contribution in [0.3, 0.4) is 0 Å². The number of anilines is 5. The molecule has 2 aromatic heterocycles. The largest absolute Gasteiger partial charge is 0.378 e. The van der Waals surface area contributed by atoms with E-state index >= 15 is 0 Å². The number of aromatic nitrogens is 3. The Labute approximate surface area is 222 Å². The second-order valence-corrected chi connectivity index (χ2v) is 9.13. The number of nitrogens with one attached hydrogen (secondary N) is 3. The molecule has 4 heterocycles. The van der Waals surface area contributed by atoms with Crippen LogP contribution in [0.15, 0.2) is 47.8 Å². The van der Waals surface area contributed by atoms with E-state index in [2.05, 4.69) is 82.0 Å². The van der Waals surface area contributed by atoms with Crippen LogP contribution in [0.4, 0.5) is 33.2 Å². The van der Waals surface area contributed by atoms with E-state index in [4.69, 9.17) is 4.74 Å². The first-order chi connectivity index (χ1) is 17.7. The van der Waals surface area contributed by atoms with Crippen molar-refractivity contribution in [2.45, 2.75) is 10.8 Å². The standard InChI is InChI=1S/C24H27FIN9O/c25-22-16-28-24(32-23(22)34-6-8-36-9-7-34)33-29-15-18-2-3-19(14-27-18)31-20-10-17(13-26)11-21(12-20)35-5-1-4-30-35/h2-3,10-12,14-16,30-31H,1,4-9,13H2,(H,28,32,33)/b29-15+. The van der Waals surface area contributed by atoms with Gasteiger partial charge in [-0.1, -0.05) is 22.6 Å². The molecule has 0 unspecified atom stereocenters. The normalized spacial score (nSPS) is 16.1. The van der Waals surface area contributed by atoms with Crippen LogP contribution >= 0.6 is 22.6 Å². The van der Waals surface area contributed by atoms with E-state index in [9.17, 15) is 4.39 Å². The van der Waals surface area contributed by atoms with Gasteiger partial charge in [0.1, 0.15) is 0 Å². The molecule has 2 fully saturated rings. The average molecular weight is 603 g/mol. The van der Waals surface area contributed by atoms with Gasteiger partial charge in [-0.2, -0.15) is 10.1 Å². The van der Waals surface area contributed by atoms with Crippen molar-refractivity contribution in [1.29, 1.82) is 0 Å². The van der Waals surface area contributed by atoms with Gasteiger partial charge in [-0.25, -0.2) is 20.2 Å². The first-order valence-electron chi connectivity index (χ1n) is 11.8. The second-order valence-electron chi connectivity index (χ2n) is 8.37. The Kier molecular flexibility index (Phi) is 8.03. The third-order valence-electron chi connectivity index (χ3n) is 5.78. The molecule has 0 bridgehead atoms. The van der Waals surface area contributed by atoms with Gasteiger partial charge in [-0.3, -0.25) is 4.98 Å². The van der Waals surface area contributed by atoms with Crippen molar-refractivity contribution in [3.05, 3.63) is 59.8 Å². The van der Waals surface area contributed by atoms with Crippen LogP contribution in [0.1, 0.15) is 17.7 Å². The minimum atomic E-state index is -0.468. The van der Waals surface area contributed by atoms with Crippen molar-refractivity contribution >= 4 is 57.6 Å². The van der Waals surface area contributed by atoms with E-state index in [1.165, 1.54) is 5.56 Å². The highest BCUT2D eigenvalue weighted by Crippen LogP contribution is 2.27. The lowest BCUT2D eigenvalue weighted by molar-refractivity contribution is 0.122. The fourth-order valence-corrected chi connectivity index (χ4v) is 4.46. The molecule has 3 N–H and O–H groups in total. The van der Waals surface area contributed by atoms with Gasteiger partial charge in [-0.15, -0.1) is 0 Å². The van der Waals surface area contributed by atoms with Crippen molar-refractivity contribution in [3.63, 3.8) is 0 Å². The molecule has 0 saturated carbocycles. The summed E-state index contributed by atoms with van der Waals surface area (Å²) in [4.78, 5) is 14.5. The molecule has 3 aromatic rings. The Morgan fingerprint density at radius 1 is 1.11 bits per heavy atom. The van der Waals surface area contributed by atoms with Gasteiger partial charge in [0.25, 0.3) is 0 Å². The molecule has 188 valence electrons. The molecule has 5 rings (SSSR count). The van der Waals surface area contributed by atoms with Gasteiger partial charge in [0.2, 0.25) is 5.95 Å². The molecule has 2 saturated heterocycles. The molecule has 0 atom stereocenters. The van der Waals surface area contributed by atoms with Gasteiger partial charge in [0.05, 0.1) is 48.9 Å². The fourth-order valence-electron chi connectivity index (χ4n) is 4.02. The number of halogens is 2. The number of alkyl halides is 1. The summed E-state index contributed by atoms with van der Waals surface area (Å²) in [7, 11) is 0. The first kappa shape index (κ1) is 24.6. The predicted octanol–water partition coefficient (Wildman–Crippen LogP) is 3.69. The molecule has 0 aliphatic carbocycles. The van der Waals surface area contributed by atoms with Crippen LogP contribution in [-0.4, -0.2) is 60.6 Å². The molecule has 36 heavy (non-hydrogen) atoms. The minimum Gasteiger partial charge on any atom is -0.378 e. The Bertz CT molecular complexity index is 1200. The van der Waals surface area contributed by atoms with E-state index in [0.717, 1.165) is 47.2 Å². The third kappa shape index (κ3) is 6.17. The lowest BCUT2D eigenvalue weighted by Gasteiger charge is -2.27. The monoisotopic (exact) mass is 603 g/mol. The van der Waals surface area contributed by atoms with Crippen molar-refractivity contribution < 1.29 is 9.13 Å². The van der Waals surface area contributed by atoms with E-state index in [0.29, 0.717) is 32.0 Å². The highest BCUT2D eigenvalue weighted by atomic mass is 127. The summed E-state index contributed by atoms with van der Waals surface area (Å²) in [5, 5.41) is 9.80. The van der Waals surface area contributed by atoms with E-state index in [-0.39, 0.29) is 11.8 Å². The van der Waals surface area contributed by atoms with Gasteiger partial charge < -0.3 is 20.0 Å². The number of hydrogen-bond acceptors (Lipinski definition) is 10. The molecule has 10 nitrogen and oxygen atoms in total. The van der Waals surface area contributed by atoms with Crippen molar-refractivity contribution in [3.8, 4) is 0 Å². The summed E-state index contributed by atoms with van der Waals surface area (Å²) < 4.78 is 20.4. The van der Waals surface area contributed by atoms with Gasteiger partial charge in [0, 0.05) is 36.3 Å². The number of morpholine rings is 1. The summed E-state index contributed by atoms with van der Waals surface area (Å²) in [6.07, 6.45) is 5.61. The Balaban J connectivity index is 1.21.